The zero-order valence-electron chi connectivity index (χ0n) is 19.6. The maximum Gasteiger partial charge on any atom is 0.358 e. The van der Waals surface area contributed by atoms with E-state index < -0.39 is 21.3 Å². The molecule has 33 heavy (non-hydrogen) atoms. The molecule has 0 amide bonds. The van der Waals surface area contributed by atoms with Crippen molar-refractivity contribution in [1.29, 1.82) is 0 Å². The Kier molecular flexibility index (Phi) is 9.65. The van der Waals surface area contributed by atoms with E-state index in [0.29, 0.717) is 17.9 Å². The molecule has 1 N–H and O–H groups in total. The first-order chi connectivity index (χ1) is 15.0. The molecular formula is C24H31N2O5SY-. The Morgan fingerprint density at radius 3 is 2.24 bits per heavy atom. The van der Waals surface area contributed by atoms with Gasteiger partial charge in [-0.3, -0.25) is 4.28 Å². The van der Waals surface area contributed by atoms with Crippen molar-refractivity contribution in [3.05, 3.63) is 65.0 Å². The van der Waals surface area contributed by atoms with E-state index in [4.69, 9.17) is 14.1 Å². The van der Waals surface area contributed by atoms with Gasteiger partial charge < -0.3 is 15.2 Å². The van der Waals surface area contributed by atoms with Gasteiger partial charge in [0, 0.05) is 44.7 Å². The van der Waals surface area contributed by atoms with Crippen LogP contribution in [0, 0.1) is 6.92 Å². The summed E-state index contributed by atoms with van der Waals surface area (Å²) in [5, 5.41) is 17.0. The third kappa shape index (κ3) is 8.14. The van der Waals surface area contributed by atoms with Crippen LogP contribution >= 0.6 is 0 Å². The Hall–Kier alpha value is -1.32. The second kappa shape index (κ2) is 11.4. The second-order valence-corrected chi connectivity index (χ2v) is 10.7. The van der Waals surface area contributed by atoms with Gasteiger partial charge >= 0.3 is 10.1 Å². The summed E-state index contributed by atoms with van der Waals surface area (Å²) in [4.78, 5) is 0.0870. The third-order valence-corrected chi connectivity index (χ3v) is 6.14. The summed E-state index contributed by atoms with van der Waals surface area (Å²) in [6.07, 6.45) is 2.07. The Bertz CT molecular complexity index is 1050. The smallest absolute Gasteiger partial charge is 0.358 e. The minimum atomic E-state index is -3.97. The first kappa shape index (κ1) is 27.9. The van der Waals surface area contributed by atoms with E-state index in [0.717, 1.165) is 37.1 Å². The van der Waals surface area contributed by atoms with Crippen molar-refractivity contribution in [1.82, 2.24) is 0 Å². The van der Waals surface area contributed by atoms with Crippen LogP contribution in [0.15, 0.2) is 58.6 Å². The van der Waals surface area contributed by atoms with Gasteiger partial charge in [0.25, 0.3) is 0 Å². The average Bonchev–Trinajstić information content (AvgIpc) is 2.72. The number of aliphatic hydroxyl groups is 1. The molecule has 9 heteroatoms. The molecule has 1 radical (unpaired) electrons. The summed E-state index contributed by atoms with van der Waals surface area (Å²) in [6.45, 7) is 8.59. The Morgan fingerprint density at radius 1 is 1.06 bits per heavy atom. The van der Waals surface area contributed by atoms with Crippen LogP contribution < -0.4 is 4.74 Å². The minimum absolute atomic E-state index is 0. The fraction of sp³-hybridized carbons (Fsp3) is 0.458. The maximum absolute atomic E-state index is 12.5. The number of fused-ring (bicyclic) bond motifs is 1. The Balaban J connectivity index is 0.000000583. The van der Waals surface area contributed by atoms with Crippen molar-refractivity contribution in [3.63, 3.8) is 0 Å². The SMILES string of the molecule is CC(C)(C)O.Cc1ccc(S(=O)(=O)O/N=C2\CC3(CC[N-]CC3)Oc3ccccc32)cc1.[Y]. The molecule has 1 spiro atoms. The number of para-hydroxylation sites is 1. The molecule has 0 aliphatic carbocycles. The molecule has 0 bridgehead atoms. The predicted octanol–water partition coefficient (Wildman–Crippen LogP) is 4.57. The van der Waals surface area contributed by atoms with Crippen LogP contribution in [0.5, 0.6) is 5.75 Å². The summed E-state index contributed by atoms with van der Waals surface area (Å²) in [5.41, 5.74) is 1.44. The molecule has 1 saturated heterocycles. The van der Waals surface area contributed by atoms with Crippen LogP contribution in [0.4, 0.5) is 0 Å². The summed E-state index contributed by atoms with van der Waals surface area (Å²) in [6, 6.07) is 14.0. The largest absolute Gasteiger partial charge is 0.662 e. The fourth-order valence-corrected chi connectivity index (χ4v) is 4.21. The molecule has 2 aliphatic heterocycles. The predicted molar refractivity (Wildman–Crippen MR) is 125 cm³/mol. The van der Waals surface area contributed by atoms with E-state index in [1.165, 1.54) is 12.1 Å². The molecule has 2 aromatic rings. The number of rotatable bonds is 3. The molecule has 0 saturated carbocycles. The molecule has 0 atom stereocenters. The molecule has 177 valence electrons. The zero-order chi connectivity index (χ0) is 23.4. The monoisotopic (exact) mass is 548 g/mol. The summed E-state index contributed by atoms with van der Waals surface area (Å²) < 4.78 is 36.3. The van der Waals surface area contributed by atoms with Gasteiger partial charge in [-0.1, -0.05) is 35.0 Å². The molecule has 2 aromatic carbocycles. The van der Waals surface area contributed by atoms with Crippen molar-refractivity contribution in [2.24, 2.45) is 5.16 Å². The molecule has 7 nitrogen and oxygen atoms in total. The van der Waals surface area contributed by atoms with Gasteiger partial charge in [-0.15, -0.1) is 13.1 Å². The first-order valence-electron chi connectivity index (χ1n) is 10.7. The van der Waals surface area contributed by atoms with Crippen LogP contribution in [0.2, 0.25) is 0 Å². The number of aryl methyl sites for hydroxylation is 1. The van der Waals surface area contributed by atoms with Gasteiger partial charge in [-0.2, -0.15) is 8.42 Å². The van der Waals surface area contributed by atoms with Crippen LogP contribution in [0.3, 0.4) is 0 Å². The molecule has 1 fully saturated rings. The van der Waals surface area contributed by atoms with Gasteiger partial charge in [0.15, 0.2) is 0 Å². The van der Waals surface area contributed by atoms with Gasteiger partial charge in [0.05, 0.1) is 11.3 Å². The number of nitrogens with zero attached hydrogens (tertiary/aromatic N) is 2. The summed E-state index contributed by atoms with van der Waals surface area (Å²) in [5.74, 6) is 0.709. The number of hydrogen-bond donors (Lipinski definition) is 1. The topological polar surface area (TPSA) is 99.3 Å². The van der Waals surface area contributed by atoms with Gasteiger partial charge in [-0.05, 0) is 64.8 Å². The normalized spacial score (nSPS) is 18.3. The minimum Gasteiger partial charge on any atom is -0.662 e. The van der Waals surface area contributed by atoms with Crippen LogP contribution in [0.25, 0.3) is 5.32 Å². The van der Waals surface area contributed by atoms with Crippen molar-refractivity contribution < 1.29 is 55.3 Å². The molecule has 0 unspecified atom stereocenters. The zero-order valence-corrected chi connectivity index (χ0v) is 23.3. The second-order valence-electron chi connectivity index (χ2n) is 9.18. The van der Waals surface area contributed by atoms with E-state index in [1.54, 1.807) is 32.9 Å². The standard InChI is InChI=1S/C20H21N2O4S.C4H10O.Y/c1-15-6-8-16(9-7-15)27(23,24)26-22-18-14-20(10-12-21-13-11-20)25-19-5-3-2-4-17(18)19;1-4(2,3)5;/h2-9H,10-14H2,1H3;5H,1-3H3;/q-1;;/b22-18+;;. The molecule has 2 heterocycles. The van der Waals surface area contributed by atoms with Gasteiger partial charge in [0.2, 0.25) is 0 Å². The van der Waals surface area contributed by atoms with E-state index in [9.17, 15) is 8.42 Å². The summed E-state index contributed by atoms with van der Waals surface area (Å²) >= 11 is 0. The van der Waals surface area contributed by atoms with Crippen LogP contribution in [-0.4, -0.2) is 43.5 Å². The molecule has 0 aromatic heterocycles. The van der Waals surface area contributed by atoms with Gasteiger partial charge in [-0.25, -0.2) is 0 Å². The van der Waals surface area contributed by atoms with Crippen molar-refractivity contribution in [2.75, 3.05) is 13.1 Å². The van der Waals surface area contributed by atoms with Crippen LogP contribution in [0.1, 0.15) is 51.2 Å². The number of ether oxygens (including phenoxy) is 1. The summed E-state index contributed by atoms with van der Waals surface area (Å²) in [7, 11) is -3.97. The molecular weight excluding hydrogens is 517 g/mol. The van der Waals surface area contributed by atoms with E-state index in [2.05, 4.69) is 10.5 Å². The van der Waals surface area contributed by atoms with Crippen molar-refractivity contribution in [2.45, 2.75) is 63.1 Å². The Morgan fingerprint density at radius 2 is 1.64 bits per heavy atom. The van der Waals surface area contributed by atoms with E-state index >= 15 is 0 Å². The van der Waals surface area contributed by atoms with Crippen molar-refractivity contribution >= 4 is 15.8 Å². The molecule has 4 rings (SSSR count). The average molecular weight is 548 g/mol. The van der Waals surface area contributed by atoms with Crippen molar-refractivity contribution in [3.8, 4) is 5.75 Å². The van der Waals surface area contributed by atoms with Crippen LogP contribution in [-0.2, 0) is 47.1 Å². The Labute approximate surface area is 222 Å². The fourth-order valence-electron chi connectivity index (χ4n) is 3.47. The molecule has 2 aliphatic rings. The number of oxime groups is 1. The van der Waals surface area contributed by atoms with E-state index in [1.807, 2.05) is 31.2 Å². The van der Waals surface area contributed by atoms with E-state index in [-0.39, 0.29) is 37.6 Å². The maximum atomic E-state index is 12.5. The quantitative estimate of drug-likeness (QED) is 0.567. The third-order valence-electron chi connectivity index (χ3n) is 5.02. The number of hydrogen-bond acceptors (Lipinski definition) is 6. The first-order valence-corrected chi connectivity index (χ1v) is 12.1. The van der Waals surface area contributed by atoms with Gasteiger partial charge in [0.1, 0.15) is 16.2 Å². The number of piperidine rings is 1. The number of benzene rings is 2.